The number of aliphatic carboxylic acids is 2. The smallest absolute Gasteiger partial charge is 0.414 e. The van der Waals surface area contributed by atoms with Crippen LogP contribution in [0.5, 0.6) is 0 Å². The van der Waals surface area contributed by atoms with Gasteiger partial charge in [0.15, 0.2) is 0 Å². The van der Waals surface area contributed by atoms with Gasteiger partial charge in [0.05, 0.1) is 7.11 Å². The van der Waals surface area contributed by atoms with Crippen molar-refractivity contribution in [1.82, 2.24) is 4.90 Å². The maximum absolute atomic E-state index is 12.0. The minimum atomic E-state index is -1.82. The first-order chi connectivity index (χ1) is 10.9. The van der Waals surface area contributed by atoms with Gasteiger partial charge in [-0.25, -0.2) is 19.2 Å². The van der Waals surface area contributed by atoms with E-state index in [0.29, 0.717) is 19.4 Å². The molecule has 0 aliphatic carbocycles. The average Bonchev–Trinajstić information content (AvgIpc) is 2.44. The van der Waals surface area contributed by atoms with Crippen LogP contribution in [0.2, 0.25) is 0 Å². The fraction of sp³-hybridized carbons (Fsp3) is 0.714. The second-order valence-corrected chi connectivity index (χ2v) is 6.11. The number of ether oxygens (including phenoxy) is 2. The summed E-state index contributed by atoms with van der Waals surface area (Å²) < 4.78 is 9.98. The molecule has 4 N–H and O–H groups in total. The molecule has 1 fully saturated rings. The van der Waals surface area contributed by atoms with Crippen LogP contribution in [0, 0.1) is 0 Å². The van der Waals surface area contributed by atoms with Crippen LogP contribution < -0.4 is 5.73 Å². The lowest BCUT2D eigenvalue weighted by atomic mass is 9.98. The van der Waals surface area contributed by atoms with Gasteiger partial charge < -0.3 is 25.4 Å². The fourth-order valence-corrected chi connectivity index (χ4v) is 1.89. The molecule has 1 aliphatic heterocycles. The van der Waals surface area contributed by atoms with Crippen molar-refractivity contribution < 1.29 is 38.9 Å². The Morgan fingerprint density at radius 3 is 2.00 bits per heavy atom. The first kappa shape index (κ1) is 21.6. The molecule has 2 atom stereocenters. The molecule has 1 aliphatic rings. The number of rotatable bonds is 1. The van der Waals surface area contributed by atoms with Gasteiger partial charge in [0, 0.05) is 12.6 Å². The minimum absolute atomic E-state index is 0.0900. The summed E-state index contributed by atoms with van der Waals surface area (Å²) in [5.74, 6) is -4.10. The number of carboxylic acids is 2. The number of likely N-dealkylation sites (tertiary alicyclic amines) is 1. The summed E-state index contributed by atoms with van der Waals surface area (Å²) in [7, 11) is 1.30. The Labute approximate surface area is 139 Å². The SMILES string of the molecule is COC(=O)[C@H]1C[C@@H](N)CCN1C(=O)OC(C)(C)C.O=C(O)C(=O)O. The third-order valence-corrected chi connectivity index (χ3v) is 2.93. The van der Waals surface area contributed by atoms with Crippen molar-refractivity contribution in [2.24, 2.45) is 5.73 Å². The standard InChI is InChI=1S/C12H22N2O4.C2H2O4/c1-12(2,3)18-11(16)14-6-5-8(13)7-9(14)10(15)17-4;3-1(4)2(5)6/h8-9H,5-7,13H2,1-4H3;(H,3,4)(H,5,6)/t8-,9+;/m0./s1. The van der Waals surface area contributed by atoms with Gasteiger partial charge in [-0.2, -0.15) is 0 Å². The highest BCUT2D eigenvalue weighted by Gasteiger charge is 2.37. The van der Waals surface area contributed by atoms with Gasteiger partial charge in [-0.3, -0.25) is 4.90 Å². The zero-order valence-corrected chi connectivity index (χ0v) is 14.1. The topological polar surface area (TPSA) is 156 Å². The van der Waals surface area contributed by atoms with E-state index in [2.05, 4.69) is 0 Å². The van der Waals surface area contributed by atoms with Crippen molar-refractivity contribution in [2.45, 2.75) is 51.3 Å². The molecule has 0 aromatic rings. The number of methoxy groups -OCH3 is 1. The third-order valence-electron chi connectivity index (χ3n) is 2.93. The van der Waals surface area contributed by atoms with Crippen LogP contribution >= 0.6 is 0 Å². The molecule has 0 bridgehead atoms. The number of amides is 1. The number of nitrogens with zero attached hydrogens (tertiary/aromatic N) is 1. The fourth-order valence-electron chi connectivity index (χ4n) is 1.89. The van der Waals surface area contributed by atoms with Crippen molar-refractivity contribution in [3.63, 3.8) is 0 Å². The predicted octanol–water partition coefficient (Wildman–Crippen LogP) is 0.0418. The molecule has 1 heterocycles. The van der Waals surface area contributed by atoms with Gasteiger partial charge in [0.1, 0.15) is 11.6 Å². The summed E-state index contributed by atoms with van der Waals surface area (Å²) in [4.78, 5) is 43.3. The Bertz CT molecular complexity index is 474. The molecule has 10 nitrogen and oxygen atoms in total. The molecule has 1 rings (SSSR count). The number of hydrogen-bond donors (Lipinski definition) is 3. The highest BCUT2D eigenvalue weighted by molar-refractivity contribution is 6.27. The number of piperidine rings is 1. The van der Waals surface area contributed by atoms with E-state index >= 15 is 0 Å². The Hall–Kier alpha value is -2.36. The molecular weight excluding hydrogens is 324 g/mol. The van der Waals surface area contributed by atoms with Crippen molar-refractivity contribution in [3.8, 4) is 0 Å². The summed E-state index contributed by atoms with van der Waals surface area (Å²) in [5, 5.41) is 14.8. The van der Waals surface area contributed by atoms with E-state index in [4.69, 9.17) is 35.0 Å². The number of hydrogen-bond acceptors (Lipinski definition) is 7. The van der Waals surface area contributed by atoms with Crippen LogP contribution in [0.15, 0.2) is 0 Å². The molecule has 0 spiro atoms. The number of nitrogens with two attached hydrogens (primary N) is 1. The predicted molar refractivity (Wildman–Crippen MR) is 81.2 cm³/mol. The Kier molecular flexibility index (Phi) is 8.17. The van der Waals surface area contributed by atoms with Crippen LogP contribution in [0.4, 0.5) is 4.79 Å². The van der Waals surface area contributed by atoms with E-state index in [1.807, 2.05) is 0 Å². The average molecular weight is 348 g/mol. The first-order valence-electron chi connectivity index (χ1n) is 7.18. The quantitative estimate of drug-likeness (QED) is 0.439. The molecule has 0 radical (unpaired) electrons. The Balaban J connectivity index is 0.000000754. The summed E-state index contributed by atoms with van der Waals surface area (Å²) in [6.45, 7) is 5.77. The van der Waals surface area contributed by atoms with E-state index in [1.165, 1.54) is 12.0 Å². The van der Waals surface area contributed by atoms with Crippen LogP contribution in [0.25, 0.3) is 0 Å². The maximum atomic E-state index is 12.0. The largest absolute Gasteiger partial charge is 0.473 e. The zero-order chi connectivity index (χ0) is 19.1. The highest BCUT2D eigenvalue weighted by atomic mass is 16.6. The molecule has 0 aromatic carbocycles. The van der Waals surface area contributed by atoms with Gasteiger partial charge in [0.25, 0.3) is 0 Å². The summed E-state index contributed by atoms with van der Waals surface area (Å²) in [6.07, 6.45) is 0.573. The highest BCUT2D eigenvalue weighted by Crippen LogP contribution is 2.20. The van der Waals surface area contributed by atoms with Crippen LogP contribution in [-0.4, -0.2) is 70.5 Å². The van der Waals surface area contributed by atoms with Gasteiger partial charge in [-0.15, -0.1) is 0 Å². The lowest BCUT2D eigenvalue weighted by Gasteiger charge is -2.37. The minimum Gasteiger partial charge on any atom is -0.473 e. The van der Waals surface area contributed by atoms with Crippen molar-refractivity contribution in [2.75, 3.05) is 13.7 Å². The first-order valence-corrected chi connectivity index (χ1v) is 7.18. The van der Waals surface area contributed by atoms with E-state index in [0.717, 1.165) is 0 Å². The number of carbonyl (C=O) groups is 4. The molecule has 0 saturated carbocycles. The van der Waals surface area contributed by atoms with Gasteiger partial charge in [-0.05, 0) is 33.6 Å². The second kappa shape index (κ2) is 9.06. The number of carboxylic acid groups (broad SMARTS) is 2. The molecule has 1 saturated heterocycles. The molecule has 1 amide bonds. The summed E-state index contributed by atoms with van der Waals surface area (Å²) in [5.41, 5.74) is 5.23. The molecule has 138 valence electrons. The van der Waals surface area contributed by atoms with Gasteiger partial charge >= 0.3 is 24.0 Å². The van der Waals surface area contributed by atoms with Gasteiger partial charge in [0.2, 0.25) is 0 Å². The molecule has 24 heavy (non-hydrogen) atoms. The van der Waals surface area contributed by atoms with E-state index in [1.54, 1.807) is 20.8 Å². The summed E-state index contributed by atoms with van der Waals surface area (Å²) >= 11 is 0. The lowest BCUT2D eigenvalue weighted by Crippen LogP contribution is -2.54. The normalized spacial score (nSPS) is 20.3. The number of carbonyl (C=O) groups excluding carboxylic acids is 2. The molecule has 0 unspecified atom stereocenters. The second-order valence-electron chi connectivity index (χ2n) is 6.11. The molecule has 10 heteroatoms. The summed E-state index contributed by atoms with van der Waals surface area (Å²) in [6, 6.07) is -0.735. The van der Waals surface area contributed by atoms with E-state index in [9.17, 15) is 9.59 Å². The monoisotopic (exact) mass is 348 g/mol. The maximum Gasteiger partial charge on any atom is 0.414 e. The van der Waals surface area contributed by atoms with Crippen LogP contribution in [0.3, 0.4) is 0 Å². The third kappa shape index (κ3) is 7.77. The molecule has 0 aromatic heterocycles. The Morgan fingerprint density at radius 2 is 1.62 bits per heavy atom. The lowest BCUT2D eigenvalue weighted by molar-refractivity contribution is -0.159. The van der Waals surface area contributed by atoms with E-state index < -0.39 is 35.6 Å². The van der Waals surface area contributed by atoms with Crippen molar-refractivity contribution >= 4 is 24.0 Å². The molecular formula is C14H24N2O8. The zero-order valence-electron chi connectivity index (χ0n) is 14.1. The van der Waals surface area contributed by atoms with Crippen molar-refractivity contribution in [3.05, 3.63) is 0 Å². The number of esters is 1. The van der Waals surface area contributed by atoms with Crippen LogP contribution in [-0.2, 0) is 23.9 Å². The van der Waals surface area contributed by atoms with Crippen LogP contribution in [0.1, 0.15) is 33.6 Å². The Morgan fingerprint density at radius 1 is 1.12 bits per heavy atom. The van der Waals surface area contributed by atoms with E-state index in [-0.39, 0.29) is 6.04 Å². The van der Waals surface area contributed by atoms with Crippen molar-refractivity contribution in [1.29, 1.82) is 0 Å². The van der Waals surface area contributed by atoms with Gasteiger partial charge in [-0.1, -0.05) is 0 Å².